The highest BCUT2D eigenvalue weighted by Gasteiger charge is 2.28. The minimum atomic E-state index is -0.0134. The van der Waals surface area contributed by atoms with Crippen molar-refractivity contribution in [2.45, 2.75) is 45.3 Å². The maximum atomic E-state index is 11.3. The van der Waals surface area contributed by atoms with Crippen LogP contribution in [0.15, 0.2) is 0 Å². The van der Waals surface area contributed by atoms with Crippen LogP contribution in [0.2, 0.25) is 0 Å². The minimum absolute atomic E-state index is 0.0134. The Morgan fingerprint density at radius 2 is 2.27 bits per heavy atom. The summed E-state index contributed by atoms with van der Waals surface area (Å²) in [5.41, 5.74) is 5.50. The van der Waals surface area contributed by atoms with Gasteiger partial charge >= 0.3 is 0 Å². The second kappa shape index (κ2) is 6.08. The van der Waals surface area contributed by atoms with E-state index < -0.39 is 0 Å². The van der Waals surface area contributed by atoms with Gasteiger partial charge in [-0.2, -0.15) is 0 Å². The molecular formula is C11H22N2O2. The summed E-state index contributed by atoms with van der Waals surface area (Å²) < 4.78 is 5.45. The van der Waals surface area contributed by atoms with Gasteiger partial charge in [0.25, 0.3) is 0 Å². The molecule has 88 valence electrons. The molecule has 4 nitrogen and oxygen atoms in total. The third-order valence-electron chi connectivity index (χ3n) is 3.00. The van der Waals surface area contributed by atoms with E-state index in [0.717, 1.165) is 25.8 Å². The van der Waals surface area contributed by atoms with Crippen LogP contribution in [0.25, 0.3) is 0 Å². The maximum absolute atomic E-state index is 11.3. The molecule has 0 heterocycles. The van der Waals surface area contributed by atoms with Crippen LogP contribution in [0.4, 0.5) is 0 Å². The summed E-state index contributed by atoms with van der Waals surface area (Å²) in [6, 6.07) is 0.235. The van der Waals surface area contributed by atoms with Crippen LogP contribution >= 0.6 is 0 Å². The molecule has 1 aliphatic rings. The molecule has 1 saturated carbocycles. The third-order valence-corrected chi connectivity index (χ3v) is 3.00. The number of nitrogens with two attached hydrogens (primary N) is 1. The molecule has 4 heteroatoms. The zero-order valence-electron chi connectivity index (χ0n) is 9.66. The molecule has 1 aliphatic carbocycles. The molecule has 3 N–H and O–H groups in total. The van der Waals surface area contributed by atoms with Crippen molar-refractivity contribution in [2.24, 2.45) is 11.7 Å². The van der Waals surface area contributed by atoms with Crippen LogP contribution in [-0.4, -0.2) is 31.2 Å². The lowest BCUT2D eigenvalue weighted by Crippen LogP contribution is -2.40. The number of hydrogen-bond donors (Lipinski definition) is 2. The SMILES string of the molecule is CCC(C)NC(=O)COC1CC(CN)C1. The molecule has 1 unspecified atom stereocenters. The number of nitrogens with one attached hydrogen (secondary N) is 1. The summed E-state index contributed by atoms with van der Waals surface area (Å²) in [5, 5.41) is 2.87. The molecule has 1 fully saturated rings. The Labute approximate surface area is 91.5 Å². The lowest BCUT2D eigenvalue weighted by Gasteiger charge is -2.34. The molecule has 0 aromatic rings. The average Bonchev–Trinajstić information content (AvgIpc) is 2.15. The van der Waals surface area contributed by atoms with Gasteiger partial charge in [0.15, 0.2) is 0 Å². The number of hydrogen-bond acceptors (Lipinski definition) is 3. The van der Waals surface area contributed by atoms with Crippen LogP contribution in [-0.2, 0) is 9.53 Å². The zero-order valence-corrected chi connectivity index (χ0v) is 9.66. The third kappa shape index (κ3) is 4.18. The van der Waals surface area contributed by atoms with Crippen molar-refractivity contribution in [2.75, 3.05) is 13.2 Å². The van der Waals surface area contributed by atoms with E-state index in [4.69, 9.17) is 10.5 Å². The number of amides is 1. The van der Waals surface area contributed by atoms with Crippen molar-refractivity contribution in [3.63, 3.8) is 0 Å². The fraction of sp³-hybridized carbons (Fsp3) is 0.909. The largest absolute Gasteiger partial charge is 0.368 e. The Morgan fingerprint density at radius 1 is 1.60 bits per heavy atom. The van der Waals surface area contributed by atoms with Crippen molar-refractivity contribution in [3.8, 4) is 0 Å². The van der Waals surface area contributed by atoms with Crippen molar-refractivity contribution < 1.29 is 9.53 Å². The number of ether oxygens (including phenoxy) is 1. The van der Waals surface area contributed by atoms with Crippen molar-refractivity contribution in [1.82, 2.24) is 5.32 Å². The van der Waals surface area contributed by atoms with Crippen molar-refractivity contribution in [3.05, 3.63) is 0 Å². The smallest absolute Gasteiger partial charge is 0.246 e. The van der Waals surface area contributed by atoms with Gasteiger partial charge < -0.3 is 15.8 Å². The van der Waals surface area contributed by atoms with Gasteiger partial charge in [-0.1, -0.05) is 6.92 Å². The normalized spacial score (nSPS) is 26.9. The molecule has 0 aliphatic heterocycles. The fourth-order valence-electron chi connectivity index (χ4n) is 1.62. The number of rotatable bonds is 6. The number of carbonyl (C=O) groups excluding carboxylic acids is 1. The topological polar surface area (TPSA) is 64.3 Å². The van der Waals surface area contributed by atoms with E-state index in [9.17, 15) is 4.79 Å². The van der Waals surface area contributed by atoms with Gasteiger partial charge in [0.2, 0.25) is 5.91 Å². The Kier molecular flexibility index (Phi) is 5.05. The van der Waals surface area contributed by atoms with E-state index in [1.807, 2.05) is 13.8 Å². The molecule has 0 saturated heterocycles. The summed E-state index contributed by atoms with van der Waals surface area (Å²) in [5.74, 6) is 0.591. The molecule has 1 rings (SSSR count). The van der Waals surface area contributed by atoms with Crippen molar-refractivity contribution >= 4 is 5.91 Å². The van der Waals surface area contributed by atoms with E-state index in [0.29, 0.717) is 5.92 Å². The van der Waals surface area contributed by atoms with Gasteiger partial charge in [-0.15, -0.1) is 0 Å². The van der Waals surface area contributed by atoms with Crippen LogP contribution in [0.5, 0.6) is 0 Å². The zero-order chi connectivity index (χ0) is 11.3. The average molecular weight is 214 g/mol. The van der Waals surface area contributed by atoms with Gasteiger partial charge in [0.1, 0.15) is 6.61 Å². The summed E-state index contributed by atoms with van der Waals surface area (Å²) >= 11 is 0. The second-order valence-electron chi connectivity index (χ2n) is 4.38. The highest BCUT2D eigenvalue weighted by molar-refractivity contribution is 5.77. The standard InChI is InChI=1S/C11H22N2O2/c1-3-8(2)13-11(14)7-15-10-4-9(5-10)6-12/h8-10H,3-7,12H2,1-2H3,(H,13,14). The highest BCUT2D eigenvalue weighted by atomic mass is 16.5. The lowest BCUT2D eigenvalue weighted by molar-refractivity contribution is -0.131. The van der Waals surface area contributed by atoms with Crippen LogP contribution in [0, 0.1) is 5.92 Å². The molecule has 15 heavy (non-hydrogen) atoms. The highest BCUT2D eigenvalue weighted by Crippen LogP contribution is 2.28. The predicted molar refractivity (Wildman–Crippen MR) is 59.4 cm³/mol. The second-order valence-corrected chi connectivity index (χ2v) is 4.38. The van der Waals surface area contributed by atoms with Gasteiger partial charge in [0, 0.05) is 6.04 Å². The summed E-state index contributed by atoms with van der Waals surface area (Å²) in [7, 11) is 0. The van der Waals surface area contributed by atoms with Gasteiger partial charge in [-0.3, -0.25) is 4.79 Å². The summed E-state index contributed by atoms with van der Waals surface area (Å²) in [4.78, 5) is 11.3. The minimum Gasteiger partial charge on any atom is -0.368 e. The van der Waals surface area contributed by atoms with E-state index in [2.05, 4.69) is 5.32 Å². The van der Waals surface area contributed by atoms with E-state index >= 15 is 0 Å². The molecule has 0 bridgehead atoms. The van der Waals surface area contributed by atoms with Crippen LogP contribution in [0.3, 0.4) is 0 Å². The Bertz CT molecular complexity index is 203. The first-order chi connectivity index (χ1) is 7.15. The summed E-state index contributed by atoms with van der Waals surface area (Å²) in [6.07, 6.45) is 3.21. The quantitative estimate of drug-likeness (QED) is 0.682. The van der Waals surface area contributed by atoms with E-state index in [-0.39, 0.29) is 24.7 Å². The Morgan fingerprint density at radius 3 is 2.80 bits per heavy atom. The first-order valence-corrected chi connectivity index (χ1v) is 5.76. The number of carbonyl (C=O) groups is 1. The van der Waals surface area contributed by atoms with Crippen LogP contribution in [0.1, 0.15) is 33.1 Å². The molecule has 0 aromatic carbocycles. The van der Waals surface area contributed by atoms with Gasteiger partial charge in [0.05, 0.1) is 6.10 Å². The fourth-order valence-corrected chi connectivity index (χ4v) is 1.62. The molecule has 0 spiro atoms. The van der Waals surface area contributed by atoms with Gasteiger partial charge in [-0.05, 0) is 38.6 Å². The molecule has 0 radical (unpaired) electrons. The maximum Gasteiger partial charge on any atom is 0.246 e. The van der Waals surface area contributed by atoms with E-state index in [1.165, 1.54) is 0 Å². The predicted octanol–water partition coefficient (Wildman–Crippen LogP) is 0.655. The first kappa shape index (κ1) is 12.5. The van der Waals surface area contributed by atoms with E-state index in [1.54, 1.807) is 0 Å². The first-order valence-electron chi connectivity index (χ1n) is 5.76. The Hall–Kier alpha value is -0.610. The molecular weight excluding hydrogens is 192 g/mol. The monoisotopic (exact) mass is 214 g/mol. The summed E-state index contributed by atoms with van der Waals surface area (Å²) in [6.45, 7) is 4.96. The van der Waals surface area contributed by atoms with Gasteiger partial charge in [-0.25, -0.2) is 0 Å². The molecule has 1 amide bonds. The Balaban J connectivity index is 2.03. The molecule has 0 aromatic heterocycles. The molecule has 1 atom stereocenters. The lowest BCUT2D eigenvalue weighted by atomic mass is 9.82. The van der Waals surface area contributed by atoms with Crippen molar-refractivity contribution in [1.29, 1.82) is 0 Å². The van der Waals surface area contributed by atoms with Crippen LogP contribution < -0.4 is 11.1 Å².